The molecule has 1 rings (SSSR count). The van der Waals surface area contributed by atoms with Gasteiger partial charge in [0.05, 0.1) is 6.07 Å². The van der Waals surface area contributed by atoms with Crippen LogP contribution in [0, 0.1) is 17.2 Å². The zero-order valence-corrected chi connectivity index (χ0v) is 9.69. The Morgan fingerprint density at radius 2 is 2.31 bits per heavy atom. The summed E-state index contributed by atoms with van der Waals surface area (Å²) in [6, 6.07) is 1.59. The average molecular weight is 223 g/mol. The van der Waals surface area contributed by atoms with E-state index in [9.17, 15) is 9.59 Å². The van der Waals surface area contributed by atoms with Crippen molar-refractivity contribution >= 4 is 11.8 Å². The lowest BCUT2D eigenvalue weighted by Gasteiger charge is -2.24. The first-order valence-corrected chi connectivity index (χ1v) is 5.57. The smallest absolute Gasteiger partial charge is 0.242 e. The lowest BCUT2D eigenvalue weighted by atomic mass is 10.1. The van der Waals surface area contributed by atoms with Gasteiger partial charge in [0.2, 0.25) is 11.8 Å². The molecule has 0 aliphatic carbocycles. The Bertz CT molecular complexity index is 322. The van der Waals surface area contributed by atoms with E-state index in [1.165, 1.54) is 4.90 Å². The van der Waals surface area contributed by atoms with Crippen molar-refractivity contribution in [3.63, 3.8) is 0 Å². The number of amides is 2. The van der Waals surface area contributed by atoms with Crippen molar-refractivity contribution in [3.8, 4) is 6.07 Å². The van der Waals surface area contributed by atoms with Gasteiger partial charge in [-0.1, -0.05) is 6.92 Å². The summed E-state index contributed by atoms with van der Waals surface area (Å²) >= 11 is 0. The number of likely N-dealkylation sites (N-methyl/N-ethyl adjacent to an activating group) is 1. The van der Waals surface area contributed by atoms with Crippen LogP contribution in [0.3, 0.4) is 0 Å². The number of carbonyl (C=O) groups is 2. The molecule has 0 bridgehead atoms. The maximum absolute atomic E-state index is 12.0. The highest BCUT2D eigenvalue weighted by molar-refractivity contribution is 5.89. The standard InChI is InChI=1S/C11H17N3O2/c1-3-8(7-12)11(16)14-6-4-5-9(14)10(15)13-2/h8-9H,3-6H2,1-2H3,(H,13,15). The molecule has 1 fully saturated rings. The molecule has 2 atom stereocenters. The van der Waals surface area contributed by atoms with E-state index in [2.05, 4.69) is 5.32 Å². The van der Waals surface area contributed by atoms with Crippen molar-refractivity contribution in [2.24, 2.45) is 5.92 Å². The summed E-state index contributed by atoms with van der Waals surface area (Å²) < 4.78 is 0. The fourth-order valence-corrected chi connectivity index (χ4v) is 1.99. The Balaban J connectivity index is 2.75. The maximum atomic E-state index is 12.0. The number of rotatable bonds is 3. The van der Waals surface area contributed by atoms with Gasteiger partial charge in [0.25, 0.3) is 0 Å². The summed E-state index contributed by atoms with van der Waals surface area (Å²) in [5, 5.41) is 11.4. The minimum absolute atomic E-state index is 0.140. The van der Waals surface area contributed by atoms with Crippen molar-refractivity contribution < 1.29 is 9.59 Å². The number of likely N-dealkylation sites (tertiary alicyclic amines) is 1. The minimum atomic E-state index is -0.620. The molecule has 2 amide bonds. The topological polar surface area (TPSA) is 73.2 Å². The van der Waals surface area contributed by atoms with Crippen molar-refractivity contribution in [1.82, 2.24) is 10.2 Å². The van der Waals surface area contributed by atoms with Gasteiger partial charge in [-0.3, -0.25) is 9.59 Å². The average Bonchev–Trinajstić information content (AvgIpc) is 2.78. The molecule has 0 spiro atoms. The molecular formula is C11H17N3O2. The van der Waals surface area contributed by atoms with Gasteiger partial charge in [0, 0.05) is 13.6 Å². The highest BCUT2D eigenvalue weighted by Crippen LogP contribution is 2.20. The molecule has 5 nitrogen and oxygen atoms in total. The largest absolute Gasteiger partial charge is 0.357 e. The number of hydrogen-bond acceptors (Lipinski definition) is 3. The molecule has 1 aliphatic rings. The molecule has 1 saturated heterocycles. The molecule has 0 saturated carbocycles. The molecule has 2 unspecified atom stereocenters. The second-order valence-corrected chi connectivity index (χ2v) is 3.89. The van der Waals surface area contributed by atoms with Gasteiger partial charge in [0.1, 0.15) is 12.0 Å². The molecule has 1 N–H and O–H groups in total. The van der Waals surface area contributed by atoms with Crippen LogP contribution in [-0.4, -0.2) is 36.3 Å². The van der Waals surface area contributed by atoms with Gasteiger partial charge < -0.3 is 10.2 Å². The Kier molecular flexibility index (Phi) is 4.29. The van der Waals surface area contributed by atoms with Crippen LogP contribution in [0.15, 0.2) is 0 Å². The quantitative estimate of drug-likeness (QED) is 0.746. The predicted molar refractivity (Wildman–Crippen MR) is 58.2 cm³/mol. The van der Waals surface area contributed by atoms with E-state index in [0.29, 0.717) is 19.4 Å². The zero-order chi connectivity index (χ0) is 12.1. The predicted octanol–water partition coefficient (Wildman–Crippen LogP) is 0.273. The highest BCUT2D eigenvalue weighted by Gasteiger charge is 2.36. The van der Waals surface area contributed by atoms with Crippen molar-refractivity contribution in [3.05, 3.63) is 0 Å². The molecule has 16 heavy (non-hydrogen) atoms. The van der Waals surface area contributed by atoms with E-state index < -0.39 is 5.92 Å². The van der Waals surface area contributed by atoms with Crippen LogP contribution < -0.4 is 5.32 Å². The summed E-state index contributed by atoms with van der Waals surface area (Å²) in [4.78, 5) is 25.0. The Labute approximate surface area is 95.4 Å². The zero-order valence-electron chi connectivity index (χ0n) is 9.69. The summed E-state index contributed by atoms with van der Waals surface area (Å²) in [7, 11) is 1.56. The van der Waals surface area contributed by atoms with Crippen molar-refractivity contribution in [1.29, 1.82) is 5.26 Å². The van der Waals surface area contributed by atoms with E-state index in [-0.39, 0.29) is 17.9 Å². The summed E-state index contributed by atoms with van der Waals surface area (Å²) in [6.07, 6.45) is 2.01. The van der Waals surface area contributed by atoms with E-state index in [1.54, 1.807) is 14.0 Å². The van der Waals surface area contributed by atoms with Crippen LogP contribution in [0.5, 0.6) is 0 Å². The third-order valence-corrected chi connectivity index (χ3v) is 2.95. The van der Waals surface area contributed by atoms with E-state index in [1.807, 2.05) is 6.07 Å². The summed E-state index contributed by atoms with van der Waals surface area (Å²) in [5.74, 6) is -0.972. The lowest BCUT2D eigenvalue weighted by Crippen LogP contribution is -2.46. The van der Waals surface area contributed by atoms with Crippen LogP contribution in [0.25, 0.3) is 0 Å². The SMILES string of the molecule is CCC(C#N)C(=O)N1CCCC1C(=O)NC. The Morgan fingerprint density at radius 1 is 1.62 bits per heavy atom. The first-order chi connectivity index (χ1) is 7.65. The molecule has 0 aromatic rings. The van der Waals surface area contributed by atoms with Gasteiger partial charge >= 0.3 is 0 Å². The fraction of sp³-hybridized carbons (Fsp3) is 0.727. The van der Waals surface area contributed by atoms with Crippen molar-refractivity contribution in [2.75, 3.05) is 13.6 Å². The molecule has 1 heterocycles. The molecule has 0 aromatic heterocycles. The van der Waals surface area contributed by atoms with Crippen LogP contribution in [0.4, 0.5) is 0 Å². The summed E-state index contributed by atoms with van der Waals surface area (Å²) in [5.41, 5.74) is 0. The van der Waals surface area contributed by atoms with Gasteiger partial charge in [-0.25, -0.2) is 0 Å². The van der Waals surface area contributed by atoms with E-state index in [4.69, 9.17) is 5.26 Å². The van der Waals surface area contributed by atoms with Gasteiger partial charge in [-0.15, -0.1) is 0 Å². The third kappa shape index (κ3) is 2.32. The minimum Gasteiger partial charge on any atom is -0.357 e. The number of hydrogen-bond donors (Lipinski definition) is 1. The van der Waals surface area contributed by atoms with Crippen LogP contribution >= 0.6 is 0 Å². The molecule has 0 radical (unpaired) electrons. The Morgan fingerprint density at radius 3 is 2.81 bits per heavy atom. The van der Waals surface area contributed by atoms with Crippen molar-refractivity contribution in [2.45, 2.75) is 32.2 Å². The van der Waals surface area contributed by atoms with Crippen LogP contribution in [0.1, 0.15) is 26.2 Å². The van der Waals surface area contributed by atoms with E-state index in [0.717, 1.165) is 6.42 Å². The van der Waals surface area contributed by atoms with Crippen LogP contribution in [0.2, 0.25) is 0 Å². The highest BCUT2D eigenvalue weighted by atomic mass is 16.2. The molecule has 5 heteroatoms. The second kappa shape index (κ2) is 5.50. The summed E-state index contributed by atoms with van der Waals surface area (Å²) in [6.45, 7) is 2.38. The second-order valence-electron chi connectivity index (χ2n) is 3.89. The fourth-order valence-electron chi connectivity index (χ4n) is 1.99. The number of carbonyl (C=O) groups excluding carboxylic acids is 2. The lowest BCUT2D eigenvalue weighted by molar-refractivity contribution is -0.140. The van der Waals surface area contributed by atoms with Gasteiger partial charge in [-0.05, 0) is 19.3 Å². The normalized spacial score (nSPS) is 21.3. The molecule has 1 aliphatic heterocycles. The van der Waals surface area contributed by atoms with E-state index >= 15 is 0 Å². The number of nitriles is 1. The first-order valence-electron chi connectivity index (χ1n) is 5.57. The number of nitrogens with zero attached hydrogens (tertiary/aromatic N) is 2. The van der Waals surface area contributed by atoms with Crippen LogP contribution in [-0.2, 0) is 9.59 Å². The van der Waals surface area contributed by atoms with Gasteiger partial charge in [-0.2, -0.15) is 5.26 Å². The van der Waals surface area contributed by atoms with Gasteiger partial charge in [0.15, 0.2) is 0 Å². The molecule has 0 aromatic carbocycles. The maximum Gasteiger partial charge on any atom is 0.242 e. The first kappa shape index (κ1) is 12.5. The monoisotopic (exact) mass is 223 g/mol. The molecular weight excluding hydrogens is 206 g/mol. The Hall–Kier alpha value is -1.57. The molecule has 88 valence electrons. The number of nitrogens with one attached hydrogen (secondary N) is 1. The third-order valence-electron chi connectivity index (χ3n) is 2.95.